The normalized spacial score (nSPS) is 15.1. The first kappa shape index (κ1) is 26.9. The first-order chi connectivity index (χ1) is 18.7. The number of amides is 1. The van der Waals surface area contributed by atoms with E-state index in [0.29, 0.717) is 39.9 Å². The molecule has 0 aliphatic heterocycles. The predicted molar refractivity (Wildman–Crippen MR) is 157 cm³/mol. The van der Waals surface area contributed by atoms with Gasteiger partial charge in [-0.3, -0.25) is 4.79 Å². The first-order valence-corrected chi connectivity index (χ1v) is 14.2. The Balaban J connectivity index is 1.55. The lowest BCUT2D eigenvalue weighted by Crippen LogP contribution is -2.26. The molecule has 0 spiro atoms. The van der Waals surface area contributed by atoms with Crippen LogP contribution in [0.5, 0.6) is 5.75 Å². The lowest BCUT2D eigenvalue weighted by atomic mass is 9.72. The Hall–Kier alpha value is -3.71. The Kier molecular flexibility index (Phi) is 7.45. The van der Waals surface area contributed by atoms with Crippen molar-refractivity contribution in [3.05, 3.63) is 76.2 Å². The van der Waals surface area contributed by atoms with Crippen LogP contribution in [0.15, 0.2) is 54.6 Å². The topological polar surface area (TPSA) is 77.5 Å². The molecule has 1 atom stereocenters. The molecule has 6 nitrogen and oxygen atoms in total. The van der Waals surface area contributed by atoms with Crippen molar-refractivity contribution in [1.82, 2.24) is 4.98 Å². The summed E-state index contributed by atoms with van der Waals surface area (Å²) in [7, 11) is 1.39. The van der Waals surface area contributed by atoms with Gasteiger partial charge in [-0.05, 0) is 67.3 Å². The highest BCUT2D eigenvalue weighted by molar-refractivity contribution is 7.17. The van der Waals surface area contributed by atoms with Crippen molar-refractivity contribution >= 4 is 39.1 Å². The maximum absolute atomic E-state index is 13.9. The molecule has 0 saturated carbocycles. The number of thiophene rings is 1. The van der Waals surface area contributed by atoms with Gasteiger partial charge in [-0.1, -0.05) is 51.1 Å². The summed E-state index contributed by atoms with van der Waals surface area (Å²) in [6.45, 7) is 9.28. The lowest BCUT2D eigenvalue weighted by molar-refractivity contribution is 0.0600. The van der Waals surface area contributed by atoms with Crippen molar-refractivity contribution < 1.29 is 19.1 Å². The van der Waals surface area contributed by atoms with Crippen molar-refractivity contribution in [1.29, 1.82) is 0 Å². The summed E-state index contributed by atoms with van der Waals surface area (Å²) >= 11 is 1.50. The standard InChI is InChI=1S/C32H34N2O4S/c1-6-38-21-11-9-10-19(16-21)26-18-24(22-12-7-8-13-25(22)33-26)29(35)34-30-28(31(36)37-5)23-15-14-20(32(2,3)4)17-27(23)39-30/h7-13,16,18,20H,6,14-15,17H2,1-5H3,(H,34,35)/t20-/m0/s1. The van der Waals surface area contributed by atoms with E-state index in [2.05, 4.69) is 26.1 Å². The van der Waals surface area contributed by atoms with E-state index in [1.165, 1.54) is 18.4 Å². The van der Waals surface area contributed by atoms with E-state index in [4.69, 9.17) is 14.5 Å². The average molecular weight is 543 g/mol. The number of hydrogen-bond acceptors (Lipinski definition) is 6. The number of pyridine rings is 1. The number of carbonyl (C=O) groups is 2. The molecule has 0 unspecified atom stereocenters. The third kappa shape index (κ3) is 5.41. The zero-order chi connectivity index (χ0) is 27.7. The molecule has 1 N–H and O–H groups in total. The average Bonchev–Trinajstić information content (AvgIpc) is 3.28. The molecule has 202 valence electrons. The third-order valence-electron chi connectivity index (χ3n) is 7.51. The third-order valence-corrected chi connectivity index (χ3v) is 8.68. The van der Waals surface area contributed by atoms with Crippen LogP contribution in [0.3, 0.4) is 0 Å². The van der Waals surface area contributed by atoms with Crippen molar-refractivity contribution in [2.45, 2.75) is 47.0 Å². The van der Waals surface area contributed by atoms with Crippen LogP contribution in [0.1, 0.15) is 65.3 Å². The van der Waals surface area contributed by atoms with Crippen LogP contribution in [-0.4, -0.2) is 30.6 Å². The quantitative estimate of drug-likeness (QED) is 0.255. The molecular formula is C32H34N2O4S. The number of benzene rings is 2. The molecule has 2 aromatic carbocycles. The van der Waals surface area contributed by atoms with E-state index < -0.39 is 5.97 Å². The van der Waals surface area contributed by atoms with Gasteiger partial charge in [-0.15, -0.1) is 11.3 Å². The SMILES string of the molecule is CCOc1cccc(-c2cc(C(=O)Nc3sc4c(c3C(=O)OC)CC[C@H](C(C)(C)C)C4)c3ccccc3n2)c1. The van der Waals surface area contributed by atoms with Crippen LogP contribution in [0.2, 0.25) is 0 Å². The minimum atomic E-state index is -0.412. The fourth-order valence-corrected chi connectivity index (χ4v) is 6.64. The maximum atomic E-state index is 13.9. The summed E-state index contributed by atoms with van der Waals surface area (Å²) in [5, 5.41) is 4.37. The number of fused-ring (bicyclic) bond motifs is 2. The Labute approximate surface area is 233 Å². The van der Waals surface area contributed by atoms with Crippen LogP contribution in [0.25, 0.3) is 22.2 Å². The van der Waals surface area contributed by atoms with Crippen molar-refractivity contribution in [2.75, 3.05) is 19.0 Å². The minimum Gasteiger partial charge on any atom is -0.494 e. The molecule has 1 aliphatic rings. The van der Waals surface area contributed by atoms with Gasteiger partial charge < -0.3 is 14.8 Å². The number of nitrogens with one attached hydrogen (secondary N) is 1. The molecule has 1 amide bonds. The number of esters is 1. The summed E-state index contributed by atoms with van der Waals surface area (Å²) in [6.07, 6.45) is 2.69. The minimum absolute atomic E-state index is 0.169. The molecule has 39 heavy (non-hydrogen) atoms. The van der Waals surface area contributed by atoms with Gasteiger partial charge >= 0.3 is 5.97 Å². The summed E-state index contributed by atoms with van der Waals surface area (Å²) in [5.74, 6) is 0.560. The molecule has 4 aromatic rings. The van der Waals surface area contributed by atoms with Crippen LogP contribution < -0.4 is 10.1 Å². The Bertz CT molecular complexity index is 1550. The van der Waals surface area contributed by atoms with Gasteiger partial charge in [0.05, 0.1) is 36.1 Å². The molecule has 0 saturated heterocycles. The second-order valence-electron chi connectivity index (χ2n) is 11.0. The summed E-state index contributed by atoms with van der Waals surface area (Å²) in [5.41, 5.74) is 4.41. The van der Waals surface area contributed by atoms with Gasteiger partial charge in [0.2, 0.25) is 0 Å². The molecule has 2 aromatic heterocycles. The van der Waals surface area contributed by atoms with Gasteiger partial charge in [0.15, 0.2) is 0 Å². The fourth-order valence-electron chi connectivity index (χ4n) is 5.32. The van der Waals surface area contributed by atoms with Crippen molar-refractivity contribution in [3.63, 3.8) is 0 Å². The highest BCUT2D eigenvalue weighted by Crippen LogP contribution is 2.44. The maximum Gasteiger partial charge on any atom is 0.341 e. The van der Waals surface area contributed by atoms with E-state index in [1.807, 2.05) is 61.5 Å². The molecular weight excluding hydrogens is 508 g/mol. The first-order valence-electron chi connectivity index (χ1n) is 13.4. The number of ether oxygens (including phenoxy) is 2. The van der Waals surface area contributed by atoms with Gasteiger partial charge in [0, 0.05) is 15.8 Å². The monoisotopic (exact) mass is 542 g/mol. The molecule has 0 radical (unpaired) electrons. The van der Waals surface area contributed by atoms with E-state index in [0.717, 1.165) is 46.4 Å². The fraction of sp³-hybridized carbons (Fsp3) is 0.344. The van der Waals surface area contributed by atoms with E-state index in [1.54, 1.807) is 0 Å². The highest BCUT2D eigenvalue weighted by atomic mass is 32.1. The van der Waals surface area contributed by atoms with E-state index >= 15 is 0 Å². The summed E-state index contributed by atoms with van der Waals surface area (Å²) in [4.78, 5) is 32.8. The number of anilines is 1. The van der Waals surface area contributed by atoms with Gasteiger partial charge in [-0.2, -0.15) is 0 Å². The number of nitrogens with zero attached hydrogens (tertiary/aromatic N) is 1. The van der Waals surface area contributed by atoms with E-state index in [9.17, 15) is 9.59 Å². The van der Waals surface area contributed by atoms with Crippen LogP contribution >= 0.6 is 11.3 Å². The van der Waals surface area contributed by atoms with Crippen molar-refractivity contribution in [2.24, 2.45) is 11.3 Å². The molecule has 0 fully saturated rings. The Morgan fingerprint density at radius 3 is 2.64 bits per heavy atom. The Morgan fingerprint density at radius 2 is 1.90 bits per heavy atom. The van der Waals surface area contributed by atoms with Gasteiger partial charge in [-0.25, -0.2) is 9.78 Å². The molecule has 5 rings (SSSR count). The summed E-state index contributed by atoms with van der Waals surface area (Å²) in [6, 6.07) is 17.1. The second kappa shape index (κ2) is 10.8. The van der Waals surface area contributed by atoms with E-state index in [-0.39, 0.29) is 11.3 Å². The highest BCUT2D eigenvalue weighted by Gasteiger charge is 2.34. The zero-order valence-electron chi connectivity index (χ0n) is 23.1. The van der Waals surface area contributed by atoms with Crippen LogP contribution in [0.4, 0.5) is 5.00 Å². The smallest absolute Gasteiger partial charge is 0.341 e. The number of hydrogen-bond donors (Lipinski definition) is 1. The Morgan fingerprint density at radius 1 is 1.10 bits per heavy atom. The lowest BCUT2D eigenvalue weighted by Gasteiger charge is -2.33. The molecule has 2 heterocycles. The molecule has 0 bridgehead atoms. The molecule has 7 heteroatoms. The zero-order valence-corrected chi connectivity index (χ0v) is 23.9. The largest absolute Gasteiger partial charge is 0.494 e. The van der Waals surface area contributed by atoms with Gasteiger partial charge in [0.25, 0.3) is 5.91 Å². The number of carbonyl (C=O) groups excluding carboxylic acids is 2. The summed E-state index contributed by atoms with van der Waals surface area (Å²) < 4.78 is 10.8. The van der Waals surface area contributed by atoms with Crippen molar-refractivity contribution in [3.8, 4) is 17.0 Å². The second-order valence-corrected chi connectivity index (χ2v) is 12.1. The van der Waals surface area contributed by atoms with Crippen LogP contribution in [-0.2, 0) is 17.6 Å². The number of rotatable bonds is 6. The van der Waals surface area contributed by atoms with Gasteiger partial charge in [0.1, 0.15) is 10.8 Å². The number of methoxy groups -OCH3 is 1. The number of para-hydroxylation sites is 1. The predicted octanol–water partition coefficient (Wildman–Crippen LogP) is 7.55. The number of aromatic nitrogens is 1. The van der Waals surface area contributed by atoms with Crippen LogP contribution in [0, 0.1) is 11.3 Å². The molecule has 1 aliphatic carbocycles.